The van der Waals surface area contributed by atoms with Crippen molar-refractivity contribution in [1.29, 1.82) is 0 Å². The van der Waals surface area contributed by atoms with Crippen LogP contribution >= 0.6 is 11.8 Å². The topological polar surface area (TPSA) is 78.7 Å². The zero-order valence-electron chi connectivity index (χ0n) is 20.1. The van der Waals surface area contributed by atoms with E-state index >= 15 is 0 Å². The van der Waals surface area contributed by atoms with Gasteiger partial charge in [0.15, 0.2) is 11.0 Å². The number of fused-ring (bicyclic) bond motifs is 1. The maximum Gasteiger partial charge on any atom is 0.233 e. The molecule has 2 aliphatic rings. The van der Waals surface area contributed by atoms with Crippen molar-refractivity contribution in [2.24, 2.45) is 0 Å². The molecule has 2 heterocycles. The van der Waals surface area contributed by atoms with Gasteiger partial charge in [0.05, 0.1) is 50.0 Å². The van der Waals surface area contributed by atoms with Crippen molar-refractivity contribution in [3.63, 3.8) is 0 Å². The van der Waals surface area contributed by atoms with E-state index in [-0.39, 0.29) is 18.1 Å². The standard InChI is InChI=1S/C26H30N4O4S/c1-32-19-13-11-18(12-14-19)30-25(20-7-3-5-9-22(20)33-2)27-28-26(30)35-17-24(31)29-15-16-34-23-10-6-4-8-21(23)29/h3,5,7,9,11-14,21,23H,4,6,8,10,15-17H2,1-2H3. The monoisotopic (exact) mass is 494 g/mol. The van der Waals surface area contributed by atoms with Gasteiger partial charge in [0, 0.05) is 6.54 Å². The third-order valence-electron chi connectivity index (χ3n) is 6.69. The summed E-state index contributed by atoms with van der Waals surface area (Å²) in [5.74, 6) is 2.54. The van der Waals surface area contributed by atoms with Crippen LogP contribution in [0, 0.1) is 0 Å². The highest BCUT2D eigenvalue weighted by molar-refractivity contribution is 7.99. The van der Waals surface area contributed by atoms with Gasteiger partial charge >= 0.3 is 0 Å². The molecule has 2 aromatic carbocycles. The predicted molar refractivity (Wildman–Crippen MR) is 134 cm³/mol. The van der Waals surface area contributed by atoms with Gasteiger partial charge in [-0.2, -0.15) is 0 Å². The third kappa shape index (κ3) is 4.88. The van der Waals surface area contributed by atoms with Crippen LogP contribution in [-0.4, -0.2) is 70.8 Å². The maximum absolute atomic E-state index is 13.3. The summed E-state index contributed by atoms with van der Waals surface area (Å²) in [7, 11) is 3.28. The largest absolute Gasteiger partial charge is 0.497 e. The highest BCUT2D eigenvalue weighted by Crippen LogP contribution is 2.34. The second kappa shape index (κ2) is 10.7. The molecule has 2 unspecified atom stereocenters. The summed E-state index contributed by atoms with van der Waals surface area (Å²) >= 11 is 1.41. The summed E-state index contributed by atoms with van der Waals surface area (Å²) in [6.45, 7) is 1.26. The van der Waals surface area contributed by atoms with E-state index in [0.717, 1.165) is 36.3 Å². The number of thioether (sulfide) groups is 1. The molecule has 35 heavy (non-hydrogen) atoms. The smallest absolute Gasteiger partial charge is 0.233 e. The molecule has 8 nitrogen and oxygen atoms in total. The van der Waals surface area contributed by atoms with E-state index in [9.17, 15) is 4.79 Å². The number of carbonyl (C=O) groups is 1. The van der Waals surface area contributed by atoms with Gasteiger partial charge < -0.3 is 19.1 Å². The molecule has 0 N–H and O–H groups in total. The average molecular weight is 495 g/mol. The SMILES string of the molecule is COc1ccc(-n2c(SCC(=O)N3CCOC4CCCCC43)nnc2-c2ccccc2OC)cc1. The van der Waals surface area contributed by atoms with Crippen LogP contribution in [0.4, 0.5) is 0 Å². The average Bonchev–Trinajstić information content (AvgIpc) is 3.35. The summed E-state index contributed by atoms with van der Waals surface area (Å²) in [5, 5.41) is 9.64. The van der Waals surface area contributed by atoms with Crippen molar-refractivity contribution in [2.45, 2.75) is 43.0 Å². The quantitative estimate of drug-likeness (QED) is 0.455. The molecule has 9 heteroatoms. The molecule has 0 radical (unpaired) electrons. The van der Waals surface area contributed by atoms with Crippen molar-refractivity contribution in [3.8, 4) is 28.6 Å². The lowest BCUT2D eigenvalue weighted by atomic mass is 9.90. The molecule has 0 spiro atoms. The summed E-state index contributed by atoms with van der Waals surface area (Å²) < 4.78 is 18.8. The Labute approximate surface area is 209 Å². The fourth-order valence-corrected chi connectivity index (χ4v) is 5.78. The summed E-state index contributed by atoms with van der Waals surface area (Å²) in [4.78, 5) is 15.3. The minimum Gasteiger partial charge on any atom is -0.497 e. The Kier molecular flexibility index (Phi) is 7.24. The Hall–Kier alpha value is -3.04. The molecule has 2 atom stereocenters. The predicted octanol–water partition coefficient (Wildman–Crippen LogP) is 4.21. The molecule has 5 rings (SSSR count). The normalized spacial score (nSPS) is 19.8. The van der Waals surface area contributed by atoms with E-state index in [4.69, 9.17) is 14.2 Å². The fraction of sp³-hybridized carbons (Fsp3) is 0.423. The number of nitrogens with zero attached hydrogens (tertiary/aromatic N) is 4. The van der Waals surface area contributed by atoms with Crippen LogP contribution in [0.3, 0.4) is 0 Å². The third-order valence-corrected chi connectivity index (χ3v) is 7.60. The van der Waals surface area contributed by atoms with Crippen molar-refractivity contribution in [1.82, 2.24) is 19.7 Å². The number of methoxy groups -OCH3 is 2. The lowest BCUT2D eigenvalue weighted by Crippen LogP contribution is -2.55. The van der Waals surface area contributed by atoms with Crippen molar-refractivity contribution < 1.29 is 19.0 Å². The Bertz CT molecular complexity index is 1160. The van der Waals surface area contributed by atoms with Crippen molar-refractivity contribution in [2.75, 3.05) is 33.1 Å². The van der Waals surface area contributed by atoms with E-state index in [0.29, 0.717) is 35.6 Å². The second-order valence-electron chi connectivity index (χ2n) is 8.68. The van der Waals surface area contributed by atoms with E-state index in [1.165, 1.54) is 18.2 Å². The summed E-state index contributed by atoms with van der Waals surface area (Å²) in [6, 6.07) is 15.6. The van der Waals surface area contributed by atoms with Crippen LogP contribution in [0.15, 0.2) is 53.7 Å². The van der Waals surface area contributed by atoms with Gasteiger partial charge in [0.25, 0.3) is 0 Å². The minimum atomic E-state index is 0.123. The zero-order valence-corrected chi connectivity index (χ0v) is 20.9. The maximum atomic E-state index is 13.3. The number of aromatic nitrogens is 3. The zero-order chi connectivity index (χ0) is 24.2. The Morgan fingerprint density at radius 2 is 1.86 bits per heavy atom. The first-order valence-electron chi connectivity index (χ1n) is 12.0. The molecular formula is C26H30N4O4S. The number of hydrogen-bond donors (Lipinski definition) is 0. The van der Waals surface area contributed by atoms with Crippen LogP contribution in [-0.2, 0) is 9.53 Å². The molecule has 1 aliphatic heterocycles. The number of ether oxygens (including phenoxy) is 3. The van der Waals surface area contributed by atoms with Gasteiger partial charge in [-0.05, 0) is 49.2 Å². The first kappa shape index (κ1) is 23.7. The highest BCUT2D eigenvalue weighted by Gasteiger charge is 2.36. The summed E-state index contributed by atoms with van der Waals surface area (Å²) in [5.41, 5.74) is 1.71. The van der Waals surface area contributed by atoms with Crippen molar-refractivity contribution >= 4 is 17.7 Å². The number of para-hydroxylation sites is 1. The number of benzene rings is 2. The van der Waals surface area contributed by atoms with Gasteiger partial charge in [-0.3, -0.25) is 9.36 Å². The molecule has 1 amide bonds. The molecule has 0 bridgehead atoms. The van der Waals surface area contributed by atoms with Gasteiger partial charge in [0.2, 0.25) is 5.91 Å². The minimum absolute atomic E-state index is 0.123. The van der Waals surface area contributed by atoms with Gasteiger partial charge in [-0.15, -0.1) is 10.2 Å². The van der Waals surface area contributed by atoms with E-state index < -0.39 is 0 Å². The van der Waals surface area contributed by atoms with Crippen molar-refractivity contribution in [3.05, 3.63) is 48.5 Å². The molecule has 1 saturated carbocycles. The van der Waals surface area contributed by atoms with E-state index in [1.807, 2.05) is 58.0 Å². The van der Waals surface area contributed by atoms with Gasteiger partial charge in [-0.1, -0.05) is 36.7 Å². The van der Waals surface area contributed by atoms with Crippen LogP contribution in [0.5, 0.6) is 11.5 Å². The van der Waals surface area contributed by atoms with Gasteiger partial charge in [0.1, 0.15) is 11.5 Å². The van der Waals surface area contributed by atoms with Gasteiger partial charge in [-0.25, -0.2) is 0 Å². The van der Waals surface area contributed by atoms with Crippen LogP contribution in [0.1, 0.15) is 25.7 Å². The van der Waals surface area contributed by atoms with Crippen LogP contribution in [0.25, 0.3) is 17.1 Å². The second-order valence-corrected chi connectivity index (χ2v) is 9.62. The lowest BCUT2D eigenvalue weighted by Gasteiger charge is -2.43. The molecule has 1 aromatic heterocycles. The van der Waals surface area contributed by atoms with Crippen LogP contribution in [0.2, 0.25) is 0 Å². The Morgan fingerprint density at radius 1 is 1.06 bits per heavy atom. The number of carbonyl (C=O) groups excluding carboxylic acids is 1. The summed E-state index contributed by atoms with van der Waals surface area (Å²) in [6.07, 6.45) is 4.55. The number of morpholine rings is 1. The Balaban J connectivity index is 1.43. The molecule has 184 valence electrons. The van der Waals surface area contributed by atoms with Crippen LogP contribution < -0.4 is 9.47 Å². The fourth-order valence-electron chi connectivity index (χ4n) is 4.95. The van der Waals surface area contributed by atoms with E-state index in [1.54, 1.807) is 14.2 Å². The molecule has 2 fully saturated rings. The molecule has 1 saturated heterocycles. The number of hydrogen-bond acceptors (Lipinski definition) is 7. The molecular weight excluding hydrogens is 464 g/mol. The lowest BCUT2D eigenvalue weighted by molar-refractivity contribution is -0.146. The Morgan fingerprint density at radius 3 is 2.66 bits per heavy atom. The first-order chi connectivity index (χ1) is 17.2. The molecule has 1 aliphatic carbocycles. The molecule has 3 aromatic rings. The number of rotatable bonds is 7. The first-order valence-corrected chi connectivity index (χ1v) is 12.9. The highest BCUT2D eigenvalue weighted by atomic mass is 32.2. The van der Waals surface area contributed by atoms with E-state index in [2.05, 4.69) is 10.2 Å². The number of amides is 1.